The van der Waals surface area contributed by atoms with Crippen molar-refractivity contribution in [3.8, 4) is 5.69 Å². The summed E-state index contributed by atoms with van der Waals surface area (Å²) >= 11 is 1.19. The van der Waals surface area contributed by atoms with Crippen LogP contribution < -0.4 is 10.2 Å². The Balaban J connectivity index is 1.54. The number of carbonyl (C=O) groups excluding carboxylic acids is 1. The topological polar surface area (TPSA) is 72.3 Å². The molecule has 1 saturated heterocycles. The zero-order chi connectivity index (χ0) is 20.9. The van der Waals surface area contributed by atoms with Crippen LogP contribution in [-0.2, 0) is 9.53 Å². The Morgan fingerprint density at radius 1 is 1.07 bits per heavy atom. The van der Waals surface area contributed by atoms with Crippen molar-refractivity contribution in [3.05, 3.63) is 60.2 Å². The lowest BCUT2D eigenvalue weighted by atomic mass is 10.3. The Morgan fingerprint density at radius 2 is 1.83 bits per heavy atom. The number of benzene rings is 2. The van der Waals surface area contributed by atoms with Crippen LogP contribution in [-0.4, -0.2) is 52.7 Å². The van der Waals surface area contributed by atoms with Gasteiger partial charge in [-0.2, -0.15) is 0 Å². The fraction of sp³-hybridized carbons (Fsp3) is 0.250. The molecule has 1 amide bonds. The first kappa shape index (κ1) is 20.3. The lowest BCUT2D eigenvalue weighted by Gasteiger charge is -2.27. The molecule has 3 aromatic rings. The number of thioether (sulfide) groups is 1. The van der Waals surface area contributed by atoms with Gasteiger partial charge in [-0.05, 0) is 42.5 Å². The van der Waals surface area contributed by atoms with E-state index in [1.807, 2.05) is 4.90 Å². The summed E-state index contributed by atoms with van der Waals surface area (Å²) in [6.07, 6.45) is 0. The summed E-state index contributed by atoms with van der Waals surface area (Å²) < 4.78 is 34.0. The predicted molar refractivity (Wildman–Crippen MR) is 110 cm³/mol. The highest BCUT2D eigenvalue weighted by Gasteiger charge is 2.22. The van der Waals surface area contributed by atoms with Gasteiger partial charge in [0, 0.05) is 18.8 Å². The van der Waals surface area contributed by atoms with Crippen LogP contribution >= 0.6 is 11.8 Å². The highest BCUT2D eigenvalue weighted by Crippen LogP contribution is 2.27. The molecule has 0 saturated carbocycles. The highest BCUT2D eigenvalue weighted by atomic mass is 32.2. The van der Waals surface area contributed by atoms with Crippen LogP contribution in [0.3, 0.4) is 0 Å². The van der Waals surface area contributed by atoms with Gasteiger partial charge in [-0.25, -0.2) is 8.78 Å². The minimum Gasteiger partial charge on any atom is -0.378 e. The third-order valence-electron chi connectivity index (χ3n) is 4.44. The molecule has 1 aromatic heterocycles. The molecule has 1 aliphatic rings. The van der Waals surface area contributed by atoms with Gasteiger partial charge in [-0.3, -0.25) is 9.36 Å². The number of nitrogens with one attached hydrogen (secondary N) is 1. The van der Waals surface area contributed by atoms with Crippen molar-refractivity contribution in [1.29, 1.82) is 0 Å². The summed E-state index contributed by atoms with van der Waals surface area (Å²) in [5, 5.41) is 11.7. The van der Waals surface area contributed by atoms with Crippen LogP contribution in [0.1, 0.15) is 0 Å². The van der Waals surface area contributed by atoms with Crippen molar-refractivity contribution < 1.29 is 18.3 Å². The molecule has 0 atom stereocenters. The van der Waals surface area contributed by atoms with Crippen LogP contribution in [0, 0.1) is 11.6 Å². The van der Waals surface area contributed by atoms with Gasteiger partial charge in [-0.1, -0.05) is 17.8 Å². The molecule has 0 aliphatic carbocycles. The second kappa shape index (κ2) is 9.23. The third kappa shape index (κ3) is 4.77. The molecule has 156 valence electrons. The van der Waals surface area contributed by atoms with Gasteiger partial charge in [0.25, 0.3) is 0 Å². The summed E-state index contributed by atoms with van der Waals surface area (Å²) in [7, 11) is 0. The largest absolute Gasteiger partial charge is 0.378 e. The molecule has 0 spiro atoms. The first-order valence-corrected chi connectivity index (χ1v) is 10.3. The van der Waals surface area contributed by atoms with Crippen molar-refractivity contribution in [1.82, 2.24) is 14.8 Å². The smallest absolute Gasteiger partial charge is 0.234 e. The molecule has 0 bridgehead atoms. The fourth-order valence-corrected chi connectivity index (χ4v) is 3.77. The summed E-state index contributed by atoms with van der Waals surface area (Å²) in [5.74, 6) is -0.382. The lowest BCUT2D eigenvalue weighted by molar-refractivity contribution is -0.113. The number of aromatic nitrogens is 3. The Bertz CT molecular complexity index is 1020. The van der Waals surface area contributed by atoms with Crippen LogP contribution in [0.5, 0.6) is 0 Å². The molecule has 1 aliphatic heterocycles. The van der Waals surface area contributed by atoms with Gasteiger partial charge in [0.2, 0.25) is 11.9 Å². The number of carbonyl (C=O) groups is 1. The van der Waals surface area contributed by atoms with Gasteiger partial charge >= 0.3 is 0 Å². The normalized spacial score (nSPS) is 14.0. The van der Waals surface area contributed by atoms with Crippen molar-refractivity contribution in [3.63, 3.8) is 0 Å². The number of morpholine rings is 1. The molecule has 0 unspecified atom stereocenters. The number of nitrogens with zero attached hydrogens (tertiary/aromatic N) is 4. The fourth-order valence-electron chi connectivity index (χ4n) is 3.03. The van der Waals surface area contributed by atoms with Gasteiger partial charge in [-0.15, -0.1) is 10.2 Å². The zero-order valence-electron chi connectivity index (χ0n) is 15.9. The van der Waals surface area contributed by atoms with E-state index < -0.39 is 0 Å². The van der Waals surface area contributed by atoms with Crippen molar-refractivity contribution in [2.75, 3.05) is 42.3 Å². The summed E-state index contributed by atoms with van der Waals surface area (Å²) in [6, 6.07) is 11.7. The van der Waals surface area contributed by atoms with E-state index >= 15 is 0 Å². The van der Waals surface area contributed by atoms with E-state index in [9.17, 15) is 13.6 Å². The van der Waals surface area contributed by atoms with E-state index in [-0.39, 0.29) is 23.3 Å². The average Bonchev–Trinajstić information content (AvgIpc) is 3.19. The van der Waals surface area contributed by atoms with Crippen molar-refractivity contribution in [2.45, 2.75) is 5.16 Å². The SMILES string of the molecule is O=C(CSc1nnc(N2CCOCC2)n1-c1cccc(F)c1)Nc1ccc(F)cc1. The number of amides is 1. The van der Waals surface area contributed by atoms with Gasteiger partial charge in [0.15, 0.2) is 5.16 Å². The molecule has 7 nitrogen and oxygen atoms in total. The maximum absolute atomic E-state index is 13.9. The first-order chi connectivity index (χ1) is 14.6. The number of hydrogen-bond donors (Lipinski definition) is 1. The Labute approximate surface area is 176 Å². The molecule has 0 radical (unpaired) electrons. The molecular formula is C20H19F2N5O2S. The Kier molecular flexibility index (Phi) is 6.24. The average molecular weight is 431 g/mol. The van der Waals surface area contributed by atoms with E-state index in [1.165, 1.54) is 48.2 Å². The Hall–Kier alpha value is -2.98. The van der Waals surface area contributed by atoms with E-state index in [2.05, 4.69) is 15.5 Å². The number of hydrogen-bond acceptors (Lipinski definition) is 6. The van der Waals surface area contributed by atoms with E-state index in [0.29, 0.717) is 48.8 Å². The quantitative estimate of drug-likeness (QED) is 0.605. The molecule has 4 rings (SSSR count). The minimum atomic E-state index is -0.376. The molecule has 1 fully saturated rings. The number of halogens is 2. The monoisotopic (exact) mass is 431 g/mol. The third-order valence-corrected chi connectivity index (χ3v) is 5.37. The number of rotatable bonds is 6. The van der Waals surface area contributed by atoms with Gasteiger partial charge in [0.1, 0.15) is 11.6 Å². The first-order valence-electron chi connectivity index (χ1n) is 9.32. The summed E-state index contributed by atoms with van der Waals surface area (Å²) in [5.41, 5.74) is 1.07. The van der Waals surface area contributed by atoms with E-state index in [0.717, 1.165) is 0 Å². The van der Waals surface area contributed by atoms with E-state index in [1.54, 1.807) is 16.7 Å². The second-order valence-electron chi connectivity index (χ2n) is 6.54. The van der Waals surface area contributed by atoms with Gasteiger partial charge in [0.05, 0.1) is 24.7 Å². The minimum absolute atomic E-state index is 0.0634. The number of ether oxygens (including phenoxy) is 1. The van der Waals surface area contributed by atoms with Crippen molar-refractivity contribution in [2.24, 2.45) is 0 Å². The van der Waals surface area contributed by atoms with Crippen LogP contribution in [0.25, 0.3) is 5.69 Å². The molecule has 30 heavy (non-hydrogen) atoms. The molecular weight excluding hydrogens is 412 g/mol. The van der Waals surface area contributed by atoms with Crippen LogP contribution in [0.15, 0.2) is 53.7 Å². The number of anilines is 2. The van der Waals surface area contributed by atoms with Gasteiger partial charge < -0.3 is 15.0 Å². The molecule has 2 aromatic carbocycles. The van der Waals surface area contributed by atoms with E-state index in [4.69, 9.17) is 4.74 Å². The zero-order valence-corrected chi connectivity index (χ0v) is 16.7. The predicted octanol–water partition coefficient (Wildman–Crippen LogP) is 3.11. The lowest BCUT2D eigenvalue weighted by Crippen LogP contribution is -2.37. The molecule has 2 heterocycles. The Morgan fingerprint density at radius 3 is 2.57 bits per heavy atom. The second-order valence-corrected chi connectivity index (χ2v) is 7.48. The maximum atomic E-state index is 13.9. The van der Waals surface area contributed by atoms with Crippen LogP contribution in [0.4, 0.5) is 20.4 Å². The standard InChI is InChI=1S/C20H19F2N5O2S/c21-14-4-6-16(7-5-14)23-18(28)13-30-20-25-24-19(26-8-10-29-11-9-26)27(20)17-3-1-2-15(22)12-17/h1-7,12H,8-11,13H2,(H,23,28). The van der Waals surface area contributed by atoms with Crippen molar-refractivity contribution >= 4 is 29.3 Å². The summed E-state index contributed by atoms with van der Waals surface area (Å²) in [4.78, 5) is 14.3. The summed E-state index contributed by atoms with van der Waals surface area (Å²) in [6.45, 7) is 2.42. The highest BCUT2D eigenvalue weighted by molar-refractivity contribution is 7.99. The van der Waals surface area contributed by atoms with Crippen LogP contribution in [0.2, 0.25) is 0 Å². The molecule has 10 heteroatoms. The maximum Gasteiger partial charge on any atom is 0.234 e. The molecule has 1 N–H and O–H groups in total.